The quantitative estimate of drug-likeness (QED) is 0.780. The van der Waals surface area contributed by atoms with Gasteiger partial charge in [0.1, 0.15) is 0 Å². The monoisotopic (exact) mass is 290 g/mol. The SMILES string of the molecule is Cc1cccc(C)c1NCC(=O)NC1CCCCC1CO. The second-order valence-corrected chi connectivity index (χ2v) is 6.02. The molecular formula is C17H26N2O2. The Morgan fingerprint density at radius 3 is 2.57 bits per heavy atom. The fourth-order valence-corrected chi connectivity index (χ4v) is 3.14. The first-order valence-corrected chi connectivity index (χ1v) is 7.82. The van der Waals surface area contributed by atoms with E-state index in [0.717, 1.165) is 42.5 Å². The van der Waals surface area contributed by atoms with E-state index in [4.69, 9.17) is 0 Å². The average molecular weight is 290 g/mol. The molecule has 1 saturated carbocycles. The number of para-hydroxylation sites is 1. The zero-order valence-electron chi connectivity index (χ0n) is 13.0. The number of nitrogens with one attached hydrogen (secondary N) is 2. The van der Waals surface area contributed by atoms with Crippen LogP contribution in [0.25, 0.3) is 0 Å². The van der Waals surface area contributed by atoms with E-state index >= 15 is 0 Å². The predicted octanol–water partition coefficient (Wildman–Crippen LogP) is 2.38. The summed E-state index contributed by atoms with van der Waals surface area (Å²) in [5.74, 6) is 0.214. The summed E-state index contributed by atoms with van der Waals surface area (Å²) in [6, 6.07) is 6.21. The Morgan fingerprint density at radius 1 is 1.24 bits per heavy atom. The van der Waals surface area contributed by atoms with Crippen LogP contribution in [0, 0.1) is 19.8 Å². The molecule has 0 aliphatic heterocycles. The third-order valence-electron chi connectivity index (χ3n) is 4.40. The summed E-state index contributed by atoms with van der Waals surface area (Å²) in [5.41, 5.74) is 3.33. The zero-order valence-corrected chi connectivity index (χ0v) is 13.0. The van der Waals surface area contributed by atoms with E-state index in [1.54, 1.807) is 0 Å². The van der Waals surface area contributed by atoms with Crippen LogP contribution in [-0.2, 0) is 4.79 Å². The molecule has 1 aliphatic carbocycles. The minimum absolute atomic E-state index is 0.00278. The molecule has 2 rings (SSSR count). The third-order valence-corrected chi connectivity index (χ3v) is 4.40. The molecule has 2 atom stereocenters. The lowest BCUT2D eigenvalue weighted by Gasteiger charge is -2.31. The van der Waals surface area contributed by atoms with Gasteiger partial charge in [0.2, 0.25) is 5.91 Å². The van der Waals surface area contributed by atoms with Crippen molar-refractivity contribution in [3.63, 3.8) is 0 Å². The molecule has 3 N–H and O–H groups in total. The molecule has 1 aliphatic rings. The number of amides is 1. The minimum Gasteiger partial charge on any atom is -0.396 e. The molecule has 0 aromatic heterocycles. The van der Waals surface area contributed by atoms with Gasteiger partial charge < -0.3 is 15.7 Å². The second kappa shape index (κ2) is 7.46. The zero-order chi connectivity index (χ0) is 15.2. The standard InChI is InChI=1S/C17H26N2O2/c1-12-6-5-7-13(2)17(12)18-10-16(21)19-15-9-4-3-8-14(15)11-20/h5-7,14-15,18,20H,3-4,8-11H2,1-2H3,(H,19,21). The van der Waals surface area contributed by atoms with Gasteiger partial charge in [0.05, 0.1) is 6.54 Å². The first kappa shape index (κ1) is 15.8. The van der Waals surface area contributed by atoms with Crippen molar-refractivity contribution >= 4 is 11.6 Å². The van der Waals surface area contributed by atoms with Crippen LogP contribution in [-0.4, -0.2) is 30.2 Å². The van der Waals surface area contributed by atoms with E-state index in [0.29, 0.717) is 0 Å². The lowest BCUT2D eigenvalue weighted by atomic mass is 9.85. The van der Waals surface area contributed by atoms with Crippen molar-refractivity contribution < 1.29 is 9.90 Å². The lowest BCUT2D eigenvalue weighted by Crippen LogP contribution is -2.45. The van der Waals surface area contributed by atoms with Gasteiger partial charge in [-0.2, -0.15) is 0 Å². The number of carbonyl (C=O) groups is 1. The van der Waals surface area contributed by atoms with Crippen LogP contribution in [0.4, 0.5) is 5.69 Å². The van der Waals surface area contributed by atoms with Crippen molar-refractivity contribution in [2.24, 2.45) is 5.92 Å². The molecule has 0 radical (unpaired) electrons. The molecule has 0 bridgehead atoms. The smallest absolute Gasteiger partial charge is 0.239 e. The van der Waals surface area contributed by atoms with Crippen LogP contribution in [0.15, 0.2) is 18.2 Å². The highest BCUT2D eigenvalue weighted by Crippen LogP contribution is 2.24. The molecule has 0 spiro atoms. The average Bonchev–Trinajstić information content (AvgIpc) is 2.47. The van der Waals surface area contributed by atoms with Crippen molar-refractivity contribution in [3.8, 4) is 0 Å². The summed E-state index contributed by atoms with van der Waals surface area (Å²) < 4.78 is 0. The van der Waals surface area contributed by atoms with Crippen molar-refractivity contribution in [2.45, 2.75) is 45.6 Å². The number of anilines is 1. The van der Waals surface area contributed by atoms with Gasteiger partial charge in [-0.3, -0.25) is 4.79 Å². The fraction of sp³-hybridized carbons (Fsp3) is 0.588. The lowest BCUT2D eigenvalue weighted by molar-refractivity contribution is -0.120. The normalized spacial score (nSPS) is 21.9. The molecule has 1 aromatic rings. The highest BCUT2D eigenvalue weighted by atomic mass is 16.3. The Bertz CT molecular complexity index is 467. The molecule has 1 aromatic carbocycles. The number of rotatable bonds is 5. The first-order valence-electron chi connectivity index (χ1n) is 7.82. The summed E-state index contributed by atoms with van der Waals surface area (Å²) in [7, 11) is 0. The number of benzene rings is 1. The molecule has 4 heteroatoms. The van der Waals surface area contributed by atoms with Gasteiger partial charge in [-0.15, -0.1) is 0 Å². The van der Waals surface area contributed by atoms with E-state index < -0.39 is 0 Å². The largest absolute Gasteiger partial charge is 0.396 e. The van der Waals surface area contributed by atoms with E-state index in [2.05, 4.69) is 10.6 Å². The van der Waals surface area contributed by atoms with E-state index in [9.17, 15) is 9.90 Å². The topological polar surface area (TPSA) is 61.4 Å². The molecule has 21 heavy (non-hydrogen) atoms. The number of aliphatic hydroxyl groups excluding tert-OH is 1. The summed E-state index contributed by atoms with van der Waals surface area (Å²) in [6.07, 6.45) is 4.26. The van der Waals surface area contributed by atoms with Gasteiger partial charge in [0.25, 0.3) is 0 Å². The molecule has 4 nitrogen and oxygen atoms in total. The Balaban J connectivity index is 1.87. The Morgan fingerprint density at radius 2 is 1.90 bits per heavy atom. The van der Waals surface area contributed by atoms with Crippen LogP contribution >= 0.6 is 0 Å². The van der Waals surface area contributed by atoms with Crippen LogP contribution < -0.4 is 10.6 Å². The first-order chi connectivity index (χ1) is 10.1. The number of aryl methyl sites for hydroxylation is 2. The molecule has 0 heterocycles. The maximum Gasteiger partial charge on any atom is 0.239 e. The molecule has 1 fully saturated rings. The van der Waals surface area contributed by atoms with Crippen molar-refractivity contribution in [3.05, 3.63) is 29.3 Å². The van der Waals surface area contributed by atoms with Crippen LogP contribution in [0.3, 0.4) is 0 Å². The molecule has 116 valence electrons. The fourth-order valence-electron chi connectivity index (χ4n) is 3.14. The van der Waals surface area contributed by atoms with Crippen LogP contribution in [0.5, 0.6) is 0 Å². The minimum atomic E-state index is 0.00278. The maximum absolute atomic E-state index is 12.1. The molecule has 1 amide bonds. The van der Waals surface area contributed by atoms with Crippen molar-refractivity contribution in [1.29, 1.82) is 0 Å². The van der Waals surface area contributed by atoms with Gasteiger partial charge in [0.15, 0.2) is 0 Å². The Labute approximate surface area is 126 Å². The van der Waals surface area contributed by atoms with E-state index in [-0.39, 0.29) is 31.0 Å². The van der Waals surface area contributed by atoms with Gasteiger partial charge >= 0.3 is 0 Å². The highest BCUT2D eigenvalue weighted by Gasteiger charge is 2.25. The van der Waals surface area contributed by atoms with Gasteiger partial charge in [0, 0.05) is 24.3 Å². The summed E-state index contributed by atoms with van der Waals surface area (Å²) in [4.78, 5) is 12.1. The number of hydrogen-bond acceptors (Lipinski definition) is 3. The van der Waals surface area contributed by atoms with Crippen LogP contribution in [0.1, 0.15) is 36.8 Å². The van der Waals surface area contributed by atoms with Crippen molar-refractivity contribution in [1.82, 2.24) is 5.32 Å². The van der Waals surface area contributed by atoms with Gasteiger partial charge in [-0.25, -0.2) is 0 Å². The molecular weight excluding hydrogens is 264 g/mol. The van der Waals surface area contributed by atoms with Gasteiger partial charge in [-0.1, -0.05) is 31.0 Å². The Kier molecular flexibility index (Phi) is 5.62. The summed E-state index contributed by atoms with van der Waals surface area (Å²) in [6.45, 7) is 4.52. The second-order valence-electron chi connectivity index (χ2n) is 6.02. The third kappa shape index (κ3) is 4.21. The van der Waals surface area contributed by atoms with Crippen LogP contribution in [0.2, 0.25) is 0 Å². The van der Waals surface area contributed by atoms with E-state index in [1.165, 1.54) is 0 Å². The Hall–Kier alpha value is -1.55. The summed E-state index contributed by atoms with van der Waals surface area (Å²) >= 11 is 0. The number of aliphatic hydroxyl groups is 1. The highest BCUT2D eigenvalue weighted by molar-refractivity contribution is 5.81. The molecule has 0 saturated heterocycles. The van der Waals surface area contributed by atoms with Crippen molar-refractivity contribution in [2.75, 3.05) is 18.5 Å². The molecule has 2 unspecified atom stereocenters. The summed E-state index contributed by atoms with van der Waals surface area (Å²) in [5, 5.41) is 15.7. The number of carbonyl (C=O) groups excluding carboxylic acids is 1. The van der Waals surface area contributed by atoms with E-state index in [1.807, 2.05) is 32.0 Å². The maximum atomic E-state index is 12.1. The predicted molar refractivity (Wildman–Crippen MR) is 85.4 cm³/mol. The number of hydrogen-bond donors (Lipinski definition) is 3. The van der Waals surface area contributed by atoms with Gasteiger partial charge in [-0.05, 0) is 37.8 Å².